The molecule has 0 saturated carbocycles. The molecule has 9 nitrogen and oxygen atoms in total. The number of alkyl halides is 2. The summed E-state index contributed by atoms with van der Waals surface area (Å²) in [4.78, 5) is 49.5. The summed E-state index contributed by atoms with van der Waals surface area (Å²) in [5.74, 6) is -4.97. The van der Waals surface area contributed by atoms with Crippen LogP contribution in [0.3, 0.4) is 0 Å². The van der Waals surface area contributed by atoms with Gasteiger partial charge in [0.05, 0.1) is 6.42 Å². The minimum Gasteiger partial charge on any atom is -0.481 e. The summed E-state index contributed by atoms with van der Waals surface area (Å²) in [5, 5.41) is 18.5. The van der Waals surface area contributed by atoms with Crippen molar-refractivity contribution in [1.82, 2.24) is 5.32 Å². The molecule has 0 heterocycles. The van der Waals surface area contributed by atoms with Gasteiger partial charge in [-0.2, -0.15) is 0 Å². The van der Waals surface area contributed by atoms with Gasteiger partial charge >= 0.3 is 19.5 Å². The number of hydrogen-bond donors (Lipinski definition) is 5. The molecule has 0 radical (unpaired) electrons. The molecule has 0 rings (SSSR count). The zero-order valence-corrected chi connectivity index (χ0v) is 10.8. The van der Waals surface area contributed by atoms with E-state index < -0.39 is 42.0 Å². The first kappa shape index (κ1) is 17.1. The average Bonchev–Trinajstić information content (AvgIpc) is 2.13. The highest BCUT2D eigenvalue weighted by atomic mass is 35.5. The van der Waals surface area contributed by atoms with Crippen molar-refractivity contribution in [2.75, 3.05) is 0 Å². The molecular weight excluding hydrogens is 316 g/mol. The van der Waals surface area contributed by atoms with Crippen molar-refractivity contribution >= 4 is 48.6 Å². The fraction of sp³-hybridized carbons (Fsp3) is 0.500. The van der Waals surface area contributed by atoms with Gasteiger partial charge in [-0.25, -0.2) is 4.79 Å². The van der Waals surface area contributed by atoms with Gasteiger partial charge in [0.2, 0.25) is 0 Å². The maximum atomic E-state index is 11.3. The molecule has 1 atom stereocenters. The van der Waals surface area contributed by atoms with Crippen LogP contribution in [-0.4, -0.2) is 48.0 Å². The molecule has 18 heavy (non-hydrogen) atoms. The summed E-state index contributed by atoms with van der Waals surface area (Å²) < 4.78 is 7.58. The molecule has 0 spiro atoms. The number of hydrogen-bond acceptors (Lipinski definition) is 4. The molecule has 0 saturated heterocycles. The first-order chi connectivity index (χ1) is 7.89. The third-order valence-electron chi connectivity index (χ3n) is 1.62. The zero-order chi connectivity index (χ0) is 14.7. The monoisotopic (exact) mass is 323 g/mol. The molecule has 1 amide bonds. The van der Waals surface area contributed by atoms with Crippen molar-refractivity contribution in [2.45, 2.75) is 16.5 Å². The quantitative estimate of drug-likeness (QED) is 0.318. The molecule has 1 unspecified atom stereocenters. The minimum absolute atomic E-state index is 1.01. The summed E-state index contributed by atoms with van der Waals surface area (Å²) in [6.07, 6.45) is -1.01. The van der Waals surface area contributed by atoms with Gasteiger partial charge in [-0.15, -0.1) is 0 Å². The summed E-state index contributed by atoms with van der Waals surface area (Å²) >= 11 is 10.2. The maximum absolute atomic E-state index is 11.3. The third kappa shape index (κ3) is 4.43. The van der Waals surface area contributed by atoms with E-state index in [1.54, 1.807) is 0 Å². The SMILES string of the molecule is O=C(O)CC(NC(=O)C(Cl)(Cl)P(=O)(O)O)C(=O)O. The van der Waals surface area contributed by atoms with Crippen LogP contribution in [0.15, 0.2) is 0 Å². The first-order valence-electron chi connectivity index (χ1n) is 4.08. The highest BCUT2D eigenvalue weighted by molar-refractivity contribution is 7.59. The van der Waals surface area contributed by atoms with E-state index in [4.69, 9.17) is 43.2 Å². The molecule has 5 N–H and O–H groups in total. The molecule has 0 aliphatic heterocycles. The molecule has 0 aromatic carbocycles. The number of carboxylic acid groups (broad SMARTS) is 2. The Morgan fingerprint density at radius 1 is 1.22 bits per heavy atom. The highest BCUT2D eigenvalue weighted by Crippen LogP contribution is 2.56. The number of nitrogens with one attached hydrogen (secondary N) is 1. The number of aliphatic carboxylic acids is 2. The van der Waals surface area contributed by atoms with Crippen LogP contribution in [0, 0.1) is 0 Å². The fourth-order valence-corrected chi connectivity index (χ4v) is 1.19. The Balaban J connectivity index is 4.97. The van der Waals surface area contributed by atoms with Crippen LogP contribution in [0.5, 0.6) is 0 Å². The van der Waals surface area contributed by atoms with Crippen molar-refractivity contribution in [3.05, 3.63) is 0 Å². The third-order valence-corrected chi connectivity index (χ3v) is 4.22. The molecule has 0 aromatic heterocycles. The normalized spacial score (nSPS) is 13.8. The van der Waals surface area contributed by atoms with Crippen molar-refractivity contribution < 1.29 is 38.9 Å². The van der Waals surface area contributed by atoms with Gasteiger partial charge in [0.25, 0.3) is 9.98 Å². The van der Waals surface area contributed by atoms with Crippen LogP contribution in [0.4, 0.5) is 0 Å². The zero-order valence-electron chi connectivity index (χ0n) is 8.41. The van der Waals surface area contributed by atoms with Crippen LogP contribution in [0.1, 0.15) is 6.42 Å². The standard InChI is InChI=1S/C6H8Cl2NO8P/c7-6(8,18(15,16)17)5(14)9-2(4(12)13)1-3(10)11/h2H,1H2,(H,9,14)(H,10,11)(H,12,13)(H2,15,16,17). The molecule has 104 valence electrons. The second kappa shape index (κ2) is 5.85. The van der Waals surface area contributed by atoms with E-state index in [1.165, 1.54) is 5.32 Å². The molecule has 0 aromatic rings. The lowest BCUT2D eigenvalue weighted by Gasteiger charge is -2.22. The Kier molecular flexibility index (Phi) is 5.57. The smallest absolute Gasteiger partial charge is 0.371 e. The predicted molar refractivity (Wildman–Crippen MR) is 58.3 cm³/mol. The number of carboxylic acids is 2. The van der Waals surface area contributed by atoms with E-state index in [9.17, 15) is 18.9 Å². The van der Waals surface area contributed by atoms with Crippen molar-refractivity contribution in [3.8, 4) is 0 Å². The van der Waals surface area contributed by atoms with Gasteiger partial charge in [-0.3, -0.25) is 14.2 Å². The highest BCUT2D eigenvalue weighted by Gasteiger charge is 2.51. The number of carbonyl (C=O) groups excluding carboxylic acids is 1. The first-order valence-corrected chi connectivity index (χ1v) is 6.45. The number of amides is 1. The summed E-state index contributed by atoms with van der Waals surface area (Å²) in [6, 6.07) is -1.92. The largest absolute Gasteiger partial charge is 0.481 e. The molecule has 0 aliphatic carbocycles. The fourth-order valence-electron chi connectivity index (χ4n) is 0.752. The van der Waals surface area contributed by atoms with Crippen molar-refractivity contribution in [2.24, 2.45) is 0 Å². The van der Waals surface area contributed by atoms with E-state index in [0.717, 1.165) is 0 Å². The van der Waals surface area contributed by atoms with Crippen LogP contribution < -0.4 is 5.32 Å². The number of halogens is 2. The van der Waals surface area contributed by atoms with Gasteiger partial charge in [0.15, 0.2) is 0 Å². The number of rotatable bonds is 6. The van der Waals surface area contributed by atoms with E-state index in [2.05, 4.69) is 0 Å². The second-order valence-corrected chi connectivity index (χ2v) is 6.66. The van der Waals surface area contributed by atoms with E-state index >= 15 is 0 Å². The Labute approximate surface area is 110 Å². The van der Waals surface area contributed by atoms with Gasteiger partial charge < -0.3 is 25.3 Å². The topological polar surface area (TPSA) is 161 Å². The van der Waals surface area contributed by atoms with Crippen LogP contribution in [0.2, 0.25) is 0 Å². The Morgan fingerprint density at radius 3 is 1.94 bits per heavy atom. The Bertz CT molecular complexity index is 418. The molecule has 0 fully saturated rings. The lowest BCUT2D eigenvalue weighted by molar-refractivity contribution is -0.147. The lowest BCUT2D eigenvalue weighted by Crippen LogP contribution is -2.48. The predicted octanol–water partition coefficient (Wildman–Crippen LogP) is -0.660. The Hall–Kier alpha value is -0.860. The van der Waals surface area contributed by atoms with Crippen LogP contribution >= 0.6 is 30.8 Å². The van der Waals surface area contributed by atoms with E-state index in [0.29, 0.717) is 0 Å². The summed E-state index contributed by atoms with van der Waals surface area (Å²) in [5.41, 5.74) is 0. The molecule has 0 aliphatic rings. The maximum Gasteiger partial charge on any atom is 0.371 e. The van der Waals surface area contributed by atoms with E-state index in [1.807, 2.05) is 0 Å². The van der Waals surface area contributed by atoms with Crippen molar-refractivity contribution in [3.63, 3.8) is 0 Å². The summed E-state index contributed by atoms with van der Waals surface area (Å²) in [6.45, 7) is 0. The van der Waals surface area contributed by atoms with Gasteiger partial charge in [0, 0.05) is 0 Å². The average molecular weight is 324 g/mol. The summed E-state index contributed by atoms with van der Waals surface area (Å²) in [7, 11) is -5.27. The second-order valence-electron chi connectivity index (χ2n) is 3.05. The van der Waals surface area contributed by atoms with Crippen LogP contribution in [-0.2, 0) is 18.9 Å². The van der Waals surface area contributed by atoms with E-state index in [-0.39, 0.29) is 0 Å². The lowest BCUT2D eigenvalue weighted by atomic mass is 10.2. The van der Waals surface area contributed by atoms with Gasteiger partial charge in [-0.05, 0) is 0 Å². The number of carbonyl (C=O) groups is 3. The van der Waals surface area contributed by atoms with Gasteiger partial charge in [-0.1, -0.05) is 23.2 Å². The molecule has 12 heteroatoms. The van der Waals surface area contributed by atoms with Gasteiger partial charge in [0.1, 0.15) is 6.04 Å². The minimum atomic E-state index is -5.27. The van der Waals surface area contributed by atoms with Crippen molar-refractivity contribution in [1.29, 1.82) is 0 Å². The molecule has 0 bridgehead atoms. The molecular formula is C6H8Cl2NO8P. The Morgan fingerprint density at radius 2 is 1.67 bits per heavy atom. The van der Waals surface area contributed by atoms with Crippen LogP contribution in [0.25, 0.3) is 0 Å².